The maximum absolute atomic E-state index is 12.8. The molecule has 6 heteroatoms. The van der Waals surface area contributed by atoms with Crippen LogP contribution in [0.3, 0.4) is 0 Å². The fourth-order valence-corrected chi connectivity index (χ4v) is 2.71. The Labute approximate surface area is 137 Å². The molecule has 0 aliphatic rings. The number of aliphatic carboxylic acids is 1. The van der Waals surface area contributed by atoms with E-state index in [0.29, 0.717) is 27.8 Å². The van der Waals surface area contributed by atoms with Crippen molar-refractivity contribution in [3.05, 3.63) is 59.7 Å². The van der Waals surface area contributed by atoms with Gasteiger partial charge in [0.25, 0.3) is 5.91 Å². The normalized spacial score (nSPS) is 10.7. The molecule has 0 aliphatic carbocycles. The number of methoxy groups -OCH3 is 1. The molecule has 0 atom stereocenters. The van der Waals surface area contributed by atoms with Crippen LogP contribution >= 0.6 is 0 Å². The van der Waals surface area contributed by atoms with Gasteiger partial charge in [-0.05, 0) is 23.8 Å². The molecule has 6 nitrogen and oxygen atoms in total. The average molecular weight is 325 g/mol. The number of fused-ring (bicyclic) bond motifs is 1. The number of hydrogen-bond donors (Lipinski definition) is 2. The summed E-state index contributed by atoms with van der Waals surface area (Å²) >= 11 is 0. The van der Waals surface area contributed by atoms with E-state index in [1.807, 2.05) is 0 Å². The van der Waals surface area contributed by atoms with E-state index in [0.717, 1.165) is 4.57 Å². The van der Waals surface area contributed by atoms with E-state index in [1.165, 1.54) is 13.2 Å². The molecule has 0 saturated carbocycles. The first-order valence-corrected chi connectivity index (χ1v) is 7.24. The first kappa shape index (κ1) is 15.6. The van der Waals surface area contributed by atoms with E-state index in [4.69, 9.17) is 9.84 Å². The molecule has 0 spiro atoms. The van der Waals surface area contributed by atoms with Gasteiger partial charge in [0.1, 0.15) is 5.75 Å². The number of benzene rings is 2. The van der Waals surface area contributed by atoms with Gasteiger partial charge in [-0.1, -0.05) is 24.3 Å². The van der Waals surface area contributed by atoms with Gasteiger partial charge in [-0.15, -0.1) is 0 Å². The van der Waals surface area contributed by atoms with E-state index < -0.39 is 11.9 Å². The predicted molar refractivity (Wildman–Crippen MR) is 87.7 cm³/mol. The zero-order valence-electron chi connectivity index (χ0n) is 12.9. The number of para-hydroxylation sites is 1. The Bertz CT molecular complexity index is 942. The minimum atomic E-state index is -1.01. The third kappa shape index (κ3) is 2.69. The molecule has 2 N–H and O–H groups in total. The maximum atomic E-state index is 12.8. The number of hydrogen-bond acceptors (Lipinski definition) is 4. The van der Waals surface area contributed by atoms with Gasteiger partial charge in [-0.25, -0.2) is 4.57 Å². The highest BCUT2D eigenvalue weighted by atomic mass is 16.5. The lowest BCUT2D eigenvalue weighted by Crippen LogP contribution is -2.13. The fraction of sp³-hybridized carbons (Fsp3) is 0.111. The molecule has 0 fully saturated rings. The van der Waals surface area contributed by atoms with Crippen molar-refractivity contribution in [1.29, 1.82) is 0 Å². The summed E-state index contributed by atoms with van der Waals surface area (Å²) in [5.41, 5.74) is 1.18. The highest BCUT2D eigenvalue weighted by Gasteiger charge is 2.20. The summed E-state index contributed by atoms with van der Waals surface area (Å²) in [5.74, 6) is -1.19. The van der Waals surface area contributed by atoms with Crippen molar-refractivity contribution in [2.75, 3.05) is 7.11 Å². The quantitative estimate of drug-likeness (QED) is 0.770. The van der Waals surface area contributed by atoms with Crippen molar-refractivity contribution >= 4 is 22.8 Å². The Hall–Kier alpha value is -3.28. The fourth-order valence-electron chi connectivity index (χ4n) is 2.71. The van der Waals surface area contributed by atoms with Gasteiger partial charge >= 0.3 is 5.97 Å². The van der Waals surface area contributed by atoms with Crippen molar-refractivity contribution in [3.8, 4) is 11.6 Å². The first-order chi connectivity index (χ1) is 11.5. The summed E-state index contributed by atoms with van der Waals surface area (Å²) in [6, 6.07) is 13.0. The van der Waals surface area contributed by atoms with Crippen molar-refractivity contribution in [1.82, 2.24) is 4.57 Å². The summed E-state index contributed by atoms with van der Waals surface area (Å²) in [6.07, 6.45) is -0.244. The van der Waals surface area contributed by atoms with E-state index in [2.05, 4.69) is 0 Å². The Morgan fingerprint density at radius 1 is 1.12 bits per heavy atom. The van der Waals surface area contributed by atoms with Gasteiger partial charge in [-0.3, -0.25) is 9.59 Å². The number of carbonyl (C=O) groups is 2. The highest BCUT2D eigenvalue weighted by Crippen LogP contribution is 2.29. The Kier molecular flexibility index (Phi) is 3.95. The van der Waals surface area contributed by atoms with Crippen LogP contribution in [-0.4, -0.2) is 33.8 Å². The molecule has 0 unspecified atom stereocenters. The Morgan fingerprint density at radius 3 is 2.58 bits per heavy atom. The van der Waals surface area contributed by atoms with Crippen LogP contribution in [0.1, 0.15) is 15.9 Å². The van der Waals surface area contributed by atoms with E-state index in [1.54, 1.807) is 42.5 Å². The van der Waals surface area contributed by atoms with E-state index in [-0.39, 0.29) is 12.3 Å². The number of carbonyl (C=O) groups excluding carboxylic acids is 1. The lowest BCUT2D eigenvalue weighted by atomic mass is 10.1. The Morgan fingerprint density at radius 2 is 1.88 bits per heavy atom. The topological polar surface area (TPSA) is 88.8 Å². The number of rotatable bonds is 4. The number of aromatic nitrogens is 1. The third-order valence-electron chi connectivity index (χ3n) is 3.75. The summed E-state index contributed by atoms with van der Waals surface area (Å²) in [6.45, 7) is 0. The first-order valence-electron chi connectivity index (χ1n) is 7.24. The standard InChI is InChI=1S/C18H15NO5/c1-24-14-7-3-6-13(8-14)18(23)19-15(20)9-11-4-2-5-12(17(11)19)10-16(21)22/h2-9,20H,10H2,1H3,(H,21,22). The number of aromatic hydroxyl groups is 1. The summed E-state index contributed by atoms with van der Waals surface area (Å²) in [7, 11) is 1.50. The van der Waals surface area contributed by atoms with E-state index >= 15 is 0 Å². The van der Waals surface area contributed by atoms with Crippen LogP contribution in [0.2, 0.25) is 0 Å². The minimum absolute atomic E-state index is 0.240. The second-order valence-corrected chi connectivity index (χ2v) is 5.30. The van der Waals surface area contributed by atoms with Gasteiger partial charge in [0, 0.05) is 17.0 Å². The SMILES string of the molecule is COc1cccc(C(=O)n2c(O)cc3cccc(CC(=O)O)c32)c1. The number of carboxylic acid groups (broad SMARTS) is 1. The van der Waals surface area contributed by atoms with Crippen molar-refractivity contribution < 1.29 is 24.5 Å². The largest absolute Gasteiger partial charge is 0.497 e. The molecule has 122 valence electrons. The monoisotopic (exact) mass is 325 g/mol. The van der Waals surface area contributed by atoms with Gasteiger partial charge in [0.05, 0.1) is 19.0 Å². The van der Waals surface area contributed by atoms with Crippen molar-refractivity contribution in [2.24, 2.45) is 0 Å². The van der Waals surface area contributed by atoms with Crippen LogP contribution in [-0.2, 0) is 11.2 Å². The average Bonchev–Trinajstić information content (AvgIpc) is 2.90. The highest BCUT2D eigenvalue weighted by molar-refractivity contribution is 6.05. The van der Waals surface area contributed by atoms with Gasteiger partial charge in [0.2, 0.25) is 0 Å². The zero-order valence-corrected chi connectivity index (χ0v) is 12.9. The smallest absolute Gasteiger partial charge is 0.307 e. The molecular formula is C18H15NO5. The number of ether oxygens (including phenoxy) is 1. The van der Waals surface area contributed by atoms with Crippen LogP contribution in [0, 0.1) is 0 Å². The van der Waals surface area contributed by atoms with Crippen LogP contribution in [0.15, 0.2) is 48.5 Å². The molecule has 0 amide bonds. The molecule has 0 aliphatic heterocycles. The molecular weight excluding hydrogens is 310 g/mol. The molecule has 24 heavy (non-hydrogen) atoms. The molecule has 0 radical (unpaired) electrons. The summed E-state index contributed by atoms with van der Waals surface area (Å²) in [5, 5.41) is 19.9. The van der Waals surface area contributed by atoms with Crippen LogP contribution in [0.5, 0.6) is 11.6 Å². The van der Waals surface area contributed by atoms with Crippen LogP contribution in [0.25, 0.3) is 10.9 Å². The minimum Gasteiger partial charge on any atom is -0.497 e. The molecule has 1 heterocycles. The maximum Gasteiger partial charge on any atom is 0.307 e. The van der Waals surface area contributed by atoms with Gasteiger partial charge in [-0.2, -0.15) is 0 Å². The van der Waals surface area contributed by atoms with Crippen molar-refractivity contribution in [3.63, 3.8) is 0 Å². The lowest BCUT2D eigenvalue weighted by Gasteiger charge is -2.09. The second kappa shape index (κ2) is 6.08. The third-order valence-corrected chi connectivity index (χ3v) is 3.75. The van der Waals surface area contributed by atoms with Gasteiger partial charge < -0.3 is 14.9 Å². The second-order valence-electron chi connectivity index (χ2n) is 5.30. The lowest BCUT2D eigenvalue weighted by molar-refractivity contribution is -0.136. The number of carboxylic acids is 1. The summed E-state index contributed by atoms with van der Waals surface area (Å²) < 4.78 is 6.24. The molecule has 0 bridgehead atoms. The zero-order chi connectivity index (χ0) is 17.3. The molecule has 2 aromatic carbocycles. The van der Waals surface area contributed by atoms with Gasteiger partial charge in [0.15, 0.2) is 5.88 Å². The Balaban J connectivity index is 2.19. The van der Waals surface area contributed by atoms with Crippen LogP contribution in [0.4, 0.5) is 0 Å². The van der Waals surface area contributed by atoms with Crippen molar-refractivity contribution in [2.45, 2.75) is 6.42 Å². The molecule has 3 aromatic rings. The van der Waals surface area contributed by atoms with E-state index in [9.17, 15) is 14.7 Å². The molecule has 0 saturated heterocycles. The van der Waals surface area contributed by atoms with Crippen LogP contribution < -0.4 is 4.74 Å². The number of nitrogens with zero attached hydrogens (tertiary/aromatic N) is 1. The predicted octanol–water partition coefficient (Wildman–Crippen LogP) is 2.67. The molecule has 1 aromatic heterocycles. The molecule has 3 rings (SSSR count). The summed E-state index contributed by atoms with van der Waals surface area (Å²) in [4.78, 5) is 23.9.